The Balaban J connectivity index is 2.55. The van der Waals surface area contributed by atoms with Crippen LogP contribution in [-0.4, -0.2) is 11.8 Å². The number of nitrogens with zero attached hydrogens (tertiary/aromatic N) is 1. The molecule has 2 amide bonds. The van der Waals surface area contributed by atoms with Crippen molar-refractivity contribution in [2.75, 3.05) is 4.90 Å². The fourth-order valence-electron chi connectivity index (χ4n) is 2.09. The van der Waals surface area contributed by atoms with Crippen molar-refractivity contribution in [2.24, 2.45) is 0 Å². The summed E-state index contributed by atoms with van der Waals surface area (Å²) in [5, 5.41) is 0. The molecule has 3 nitrogen and oxygen atoms in total. The number of carbonyl (C=O) groups excluding carboxylic acids is 2. The predicted molar refractivity (Wildman–Crippen MR) is 62.6 cm³/mol. The second-order valence-electron chi connectivity index (χ2n) is 4.30. The molecule has 0 spiro atoms. The monoisotopic (exact) mass is 269 g/mol. The molecule has 0 saturated heterocycles. The summed E-state index contributed by atoms with van der Waals surface area (Å²) in [6.07, 6.45) is -2.26. The highest BCUT2D eigenvalue weighted by atomic mass is 19.4. The van der Waals surface area contributed by atoms with Gasteiger partial charge in [0.2, 0.25) is 0 Å². The average Bonchev–Trinajstić information content (AvgIpc) is 2.58. The normalized spacial score (nSPS) is 15.5. The zero-order chi connectivity index (χ0) is 14.4. The van der Waals surface area contributed by atoms with E-state index in [0.29, 0.717) is 0 Å². The third-order valence-corrected chi connectivity index (χ3v) is 2.85. The van der Waals surface area contributed by atoms with Crippen molar-refractivity contribution in [2.45, 2.75) is 20.0 Å². The van der Waals surface area contributed by atoms with E-state index in [0.717, 1.165) is 29.2 Å². The minimum Gasteiger partial charge on any atom is -0.269 e. The van der Waals surface area contributed by atoms with Crippen molar-refractivity contribution < 1.29 is 22.8 Å². The van der Waals surface area contributed by atoms with Crippen LogP contribution in [0.1, 0.15) is 16.7 Å². The number of imide groups is 1. The van der Waals surface area contributed by atoms with E-state index >= 15 is 0 Å². The topological polar surface area (TPSA) is 37.4 Å². The first-order valence-corrected chi connectivity index (χ1v) is 5.46. The van der Waals surface area contributed by atoms with Crippen molar-refractivity contribution >= 4 is 17.5 Å². The van der Waals surface area contributed by atoms with Crippen LogP contribution < -0.4 is 4.90 Å². The SMILES string of the molecule is Cc1cc(C(F)(F)F)cc(C)c1N1C(=O)C=CC1=O. The number of alkyl halides is 3. The van der Waals surface area contributed by atoms with Gasteiger partial charge in [-0.25, -0.2) is 4.90 Å². The molecule has 0 fully saturated rings. The molecule has 0 N–H and O–H groups in total. The number of anilines is 1. The maximum atomic E-state index is 12.7. The van der Waals surface area contributed by atoms with Crippen LogP contribution in [-0.2, 0) is 15.8 Å². The van der Waals surface area contributed by atoms with Crippen LogP contribution in [0, 0.1) is 13.8 Å². The Morgan fingerprint density at radius 3 is 1.74 bits per heavy atom. The minimum atomic E-state index is -4.45. The third-order valence-electron chi connectivity index (χ3n) is 2.85. The Labute approximate surface area is 107 Å². The predicted octanol–water partition coefficient (Wildman–Crippen LogP) is 2.75. The van der Waals surface area contributed by atoms with Crippen LogP contribution in [0.15, 0.2) is 24.3 Å². The van der Waals surface area contributed by atoms with Crippen LogP contribution in [0.2, 0.25) is 0 Å². The molecule has 0 atom stereocenters. The molecule has 1 heterocycles. The Hall–Kier alpha value is -2.11. The van der Waals surface area contributed by atoms with E-state index in [9.17, 15) is 22.8 Å². The lowest BCUT2D eigenvalue weighted by molar-refractivity contribution is -0.137. The number of hydrogen-bond acceptors (Lipinski definition) is 2. The molecule has 1 aliphatic rings. The van der Waals surface area contributed by atoms with Gasteiger partial charge in [0.1, 0.15) is 0 Å². The zero-order valence-corrected chi connectivity index (χ0v) is 10.2. The van der Waals surface area contributed by atoms with E-state index in [-0.39, 0.29) is 16.8 Å². The van der Waals surface area contributed by atoms with E-state index in [1.807, 2.05) is 0 Å². The van der Waals surface area contributed by atoms with Gasteiger partial charge in [-0.05, 0) is 37.1 Å². The number of rotatable bonds is 1. The van der Waals surface area contributed by atoms with Crippen LogP contribution >= 0.6 is 0 Å². The first-order valence-electron chi connectivity index (χ1n) is 5.46. The molecule has 2 rings (SSSR count). The molecule has 0 unspecified atom stereocenters. The Morgan fingerprint density at radius 1 is 0.947 bits per heavy atom. The summed E-state index contributed by atoms with van der Waals surface area (Å²) in [4.78, 5) is 24.0. The fraction of sp³-hybridized carbons (Fsp3) is 0.231. The lowest BCUT2D eigenvalue weighted by atomic mass is 10.0. The van der Waals surface area contributed by atoms with Gasteiger partial charge in [-0.3, -0.25) is 9.59 Å². The number of amides is 2. The van der Waals surface area contributed by atoms with Gasteiger partial charge in [0.15, 0.2) is 0 Å². The number of aryl methyl sites for hydroxylation is 2. The molecular formula is C13H10F3NO2. The van der Waals surface area contributed by atoms with Crippen molar-refractivity contribution in [3.05, 3.63) is 41.0 Å². The molecule has 0 bridgehead atoms. The van der Waals surface area contributed by atoms with Gasteiger partial charge in [0.25, 0.3) is 11.8 Å². The van der Waals surface area contributed by atoms with Crippen LogP contribution in [0.4, 0.5) is 18.9 Å². The Kier molecular flexibility index (Phi) is 2.96. The summed E-state index contributed by atoms with van der Waals surface area (Å²) in [5.41, 5.74) is -0.109. The third kappa shape index (κ3) is 2.25. The summed E-state index contributed by atoms with van der Waals surface area (Å²) >= 11 is 0. The van der Waals surface area contributed by atoms with Crippen molar-refractivity contribution in [1.82, 2.24) is 0 Å². The Bertz CT molecular complexity index is 561. The van der Waals surface area contributed by atoms with Crippen molar-refractivity contribution in [1.29, 1.82) is 0 Å². The smallest absolute Gasteiger partial charge is 0.269 e. The summed E-state index contributed by atoms with van der Waals surface area (Å²) in [6, 6.07) is 1.86. The largest absolute Gasteiger partial charge is 0.416 e. The lowest BCUT2D eigenvalue weighted by Gasteiger charge is -2.21. The van der Waals surface area contributed by atoms with Crippen molar-refractivity contribution in [3.63, 3.8) is 0 Å². The zero-order valence-electron chi connectivity index (χ0n) is 10.2. The van der Waals surface area contributed by atoms with E-state index in [1.165, 1.54) is 13.8 Å². The second-order valence-corrected chi connectivity index (χ2v) is 4.30. The quantitative estimate of drug-likeness (QED) is 0.735. The molecule has 100 valence electrons. The molecule has 0 aliphatic carbocycles. The van der Waals surface area contributed by atoms with Crippen LogP contribution in [0.25, 0.3) is 0 Å². The first-order chi connectivity index (χ1) is 8.71. The van der Waals surface area contributed by atoms with E-state index in [1.54, 1.807) is 0 Å². The van der Waals surface area contributed by atoms with Gasteiger partial charge in [0.05, 0.1) is 11.3 Å². The summed E-state index contributed by atoms with van der Waals surface area (Å²) in [5.74, 6) is -1.09. The van der Waals surface area contributed by atoms with Gasteiger partial charge in [-0.1, -0.05) is 0 Å². The number of benzene rings is 1. The first kappa shape index (κ1) is 13.3. The van der Waals surface area contributed by atoms with E-state index in [4.69, 9.17) is 0 Å². The van der Waals surface area contributed by atoms with Crippen LogP contribution in [0.3, 0.4) is 0 Å². The summed E-state index contributed by atoms with van der Waals surface area (Å²) in [6.45, 7) is 2.88. The van der Waals surface area contributed by atoms with Gasteiger partial charge < -0.3 is 0 Å². The molecular weight excluding hydrogens is 259 g/mol. The molecule has 0 radical (unpaired) electrons. The fourth-order valence-corrected chi connectivity index (χ4v) is 2.09. The average molecular weight is 269 g/mol. The van der Waals surface area contributed by atoms with E-state index in [2.05, 4.69) is 0 Å². The number of halogens is 3. The summed E-state index contributed by atoms with van der Waals surface area (Å²) < 4.78 is 38.0. The highest BCUT2D eigenvalue weighted by Crippen LogP contribution is 2.35. The molecule has 1 aromatic carbocycles. The van der Waals surface area contributed by atoms with Gasteiger partial charge in [-0.15, -0.1) is 0 Å². The summed E-state index contributed by atoms with van der Waals surface area (Å²) in [7, 11) is 0. The van der Waals surface area contributed by atoms with Crippen molar-refractivity contribution in [3.8, 4) is 0 Å². The van der Waals surface area contributed by atoms with Gasteiger partial charge >= 0.3 is 6.18 Å². The molecule has 0 saturated carbocycles. The maximum Gasteiger partial charge on any atom is 0.416 e. The molecule has 6 heteroatoms. The lowest BCUT2D eigenvalue weighted by Crippen LogP contribution is -2.31. The molecule has 1 aliphatic heterocycles. The number of hydrogen-bond donors (Lipinski definition) is 0. The van der Waals surface area contributed by atoms with Gasteiger partial charge in [-0.2, -0.15) is 13.2 Å². The van der Waals surface area contributed by atoms with Crippen LogP contribution in [0.5, 0.6) is 0 Å². The second kappa shape index (κ2) is 4.22. The maximum absolute atomic E-state index is 12.7. The highest BCUT2D eigenvalue weighted by Gasteiger charge is 2.34. The minimum absolute atomic E-state index is 0.216. The number of carbonyl (C=O) groups is 2. The molecule has 0 aromatic heterocycles. The molecule has 1 aromatic rings. The Morgan fingerprint density at radius 2 is 1.37 bits per heavy atom. The van der Waals surface area contributed by atoms with E-state index < -0.39 is 23.6 Å². The standard InChI is InChI=1S/C13H10F3NO2/c1-7-5-9(13(14,15)16)6-8(2)12(7)17-10(18)3-4-11(17)19/h3-6H,1-2H3. The highest BCUT2D eigenvalue weighted by molar-refractivity contribution is 6.28. The van der Waals surface area contributed by atoms with Gasteiger partial charge in [0, 0.05) is 12.2 Å². The molecule has 19 heavy (non-hydrogen) atoms.